The SMILES string of the molecule is CC(C)(C)O.CC(C)(C)O.CC(C)(C)O.CCCC[Si](O)(CCCC)CCCC.[Zr]. The van der Waals surface area contributed by atoms with Crippen LogP contribution in [-0.4, -0.2) is 45.2 Å². The fourth-order valence-corrected chi connectivity index (χ4v) is 5.68. The van der Waals surface area contributed by atoms with Crippen molar-refractivity contribution in [2.75, 3.05) is 0 Å². The first kappa shape index (κ1) is 41.2. The van der Waals surface area contributed by atoms with Crippen molar-refractivity contribution in [3.8, 4) is 0 Å². The molecule has 0 aliphatic heterocycles. The minimum atomic E-state index is -1.81. The second kappa shape index (κ2) is 21.8. The van der Waals surface area contributed by atoms with E-state index in [9.17, 15) is 4.80 Å². The van der Waals surface area contributed by atoms with Crippen molar-refractivity contribution in [1.29, 1.82) is 0 Å². The van der Waals surface area contributed by atoms with Gasteiger partial charge in [0, 0.05) is 26.2 Å². The summed E-state index contributed by atoms with van der Waals surface area (Å²) in [7, 11) is -1.81. The molecule has 0 bridgehead atoms. The Kier molecular flexibility index (Phi) is 29.9. The Morgan fingerprint density at radius 1 is 0.500 bits per heavy atom. The van der Waals surface area contributed by atoms with Gasteiger partial charge < -0.3 is 20.1 Å². The van der Waals surface area contributed by atoms with Gasteiger partial charge in [-0.2, -0.15) is 0 Å². The van der Waals surface area contributed by atoms with Crippen LogP contribution in [0, 0.1) is 0 Å². The maximum absolute atomic E-state index is 10.5. The third kappa shape index (κ3) is 88.9. The number of hydrogen-bond donors (Lipinski definition) is 4. The molecule has 0 saturated carbocycles. The number of unbranched alkanes of at least 4 members (excludes halogenated alkanes) is 3. The molecule has 0 amide bonds. The van der Waals surface area contributed by atoms with E-state index in [0.29, 0.717) is 0 Å². The van der Waals surface area contributed by atoms with Crippen LogP contribution in [0.3, 0.4) is 0 Å². The van der Waals surface area contributed by atoms with Crippen LogP contribution >= 0.6 is 0 Å². The van der Waals surface area contributed by atoms with Crippen molar-refractivity contribution < 1.29 is 46.3 Å². The summed E-state index contributed by atoms with van der Waals surface area (Å²) in [6.07, 6.45) is 7.39. The van der Waals surface area contributed by atoms with Crippen molar-refractivity contribution in [3.63, 3.8) is 0 Å². The average molecular weight is 530 g/mol. The molecule has 4 N–H and O–H groups in total. The first-order chi connectivity index (χ1) is 12.7. The van der Waals surface area contributed by atoms with E-state index in [0.717, 1.165) is 18.1 Å². The van der Waals surface area contributed by atoms with Crippen LogP contribution in [-0.2, 0) is 26.2 Å². The van der Waals surface area contributed by atoms with Crippen molar-refractivity contribution in [2.24, 2.45) is 0 Å². The molecule has 4 nitrogen and oxygen atoms in total. The summed E-state index contributed by atoms with van der Waals surface area (Å²) >= 11 is 0. The molecule has 0 fully saturated rings. The first-order valence-corrected chi connectivity index (χ1v) is 14.1. The molecule has 0 unspecified atom stereocenters. The van der Waals surface area contributed by atoms with E-state index in [1.165, 1.54) is 38.5 Å². The Labute approximate surface area is 210 Å². The van der Waals surface area contributed by atoms with Crippen LogP contribution in [0.25, 0.3) is 0 Å². The van der Waals surface area contributed by atoms with E-state index in [1.54, 1.807) is 62.3 Å². The molecule has 0 aliphatic carbocycles. The zero-order chi connectivity index (χ0) is 24.4. The zero-order valence-electron chi connectivity index (χ0n) is 22.7. The molecule has 0 saturated heterocycles. The molecule has 0 atom stereocenters. The Morgan fingerprint density at radius 2 is 0.633 bits per heavy atom. The predicted octanol–water partition coefficient (Wildman–Crippen LogP) is 6.65. The largest absolute Gasteiger partial charge is 0.432 e. The van der Waals surface area contributed by atoms with Crippen LogP contribution in [0.5, 0.6) is 0 Å². The van der Waals surface area contributed by atoms with Gasteiger partial charge in [-0.15, -0.1) is 0 Å². The van der Waals surface area contributed by atoms with Crippen molar-refractivity contribution >= 4 is 8.32 Å². The van der Waals surface area contributed by atoms with Gasteiger partial charge in [0.2, 0.25) is 0 Å². The molecular formula is C24H58O4SiZr. The average Bonchev–Trinajstić information content (AvgIpc) is 2.44. The van der Waals surface area contributed by atoms with E-state index in [1.807, 2.05) is 0 Å². The molecule has 6 heteroatoms. The topological polar surface area (TPSA) is 80.9 Å². The van der Waals surface area contributed by atoms with E-state index in [4.69, 9.17) is 15.3 Å². The predicted molar refractivity (Wildman–Crippen MR) is 133 cm³/mol. The normalized spacial score (nSPS) is 11.6. The zero-order valence-corrected chi connectivity index (χ0v) is 26.1. The summed E-state index contributed by atoms with van der Waals surface area (Å²) in [4.78, 5) is 10.5. The van der Waals surface area contributed by atoms with E-state index < -0.39 is 25.1 Å². The van der Waals surface area contributed by atoms with Crippen LogP contribution in [0.15, 0.2) is 0 Å². The van der Waals surface area contributed by atoms with Gasteiger partial charge in [0.15, 0.2) is 8.32 Å². The summed E-state index contributed by atoms with van der Waals surface area (Å²) in [5.41, 5.74) is -1.50. The molecule has 0 aromatic rings. The second-order valence-electron chi connectivity index (χ2n) is 11.0. The quantitative estimate of drug-likeness (QED) is 0.252. The van der Waals surface area contributed by atoms with Gasteiger partial charge in [-0.1, -0.05) is 59.3 Å². The number of aliphatic hydroxyl groups is 3. The molecule has 0 radical (unpaired) electrons. The van der Waals surface area contributed by atoms with Gasteiger partial charge in [0.05, 0.1) is 16.8 Å². The maximum Gasteiger partial charge on any atom is 0.188 e. The minimum absolute atomic E-state index is 0. The summed E-state index contributed by atoms with van der Waals surface area (Å²) in [5, 5.41) is 25.6. The van der Waals surface area contributed by atoms with Crippen LogP contribution < -0.4 is 0 Å². The van der Waals surface area contributed by atoms with Gasteiger partial charge in [0.25, 0.3) is 0 Å². The molecule has 30 heavy (non-hydrogen) atoms. The number of rotatable bonds is 9. The van der Waals surface area contributed by atoms with E-state index in [-0.39, 0.29) is 26.2 Å². The maximum atomic E-state index is 10.5. The molecule has 186 valence electrons. The molecule has 0 aromatic heterocycles. The first-order valence-electron chi connectivity index (χ1n) is 11.6. The van der Waals surface area contributed by atoms with Gasteiger partial charge in [0.1, 0.15) is 0 Å². The summed E-state index contributed by atoms with van der Waals surface area (Å²) in [5.74, 6) is 0. The third-order valence-corrected chi connectivity index (χ3v) is 6.84. The molecule has 0 aliphatic rings. The number of hydrogen-bond acceptors (Lipinski definition) is 4. The van der Waals surface area contributed by atoms with Crippen LogP contribution in [0.2, 0.25) is 18.1 Å². The molecule has 0 rings (SSSR count). The monoisotopic (exact) mass is 528 g/mol. The summed E-state index contributed by atoms with van der Waals surface area (Å²) < 4.78 is 0. The molecule has 0 heterocycles. The van der Waals surface area contributed by atoms with Gasteiger partial charge in [-0.05, 0) is 80.4 Å². The van der Waals surface area contributed by atoms with E-state index >= 15 is 0 Å². The smallest absolute Gasteiger partial charge is 0.188 e. The standard InChI is InChI=1S/C12H28OSi.3C4H10O.Zr/c1-4-7-10-14(13,11-8-5-2)12-9-6-3;3*1-4(2,3)5;/h13H,4-12H2,1-3H3;3*5H,1-3H3;. The van der Waals surface area contributed by atoms with Crippen molar-refractivity contribution in [1.82, 2.24) is 0 Å². The Morgan fingerprint density at radius 3 is 0.733 bits per heavy atom. The third-order valence-electron chi connectivity index (χ3n) is 2.99. The van der Waals surface area contributed by atoms with Gasteiger partial charge in [-0.25, -0.2) is 0 Å². The second-order valence-corrected chi connectivity index (χ2v) is 15.0. The Hall–Kier alpha value is 0.940. The van der Waals surface area contributed by atoms with Gasteiger partial charge >= 0.3 is 0 Å². The minimum Gasteiger partial charge on any atom is -0.432 e. The molecule has 0 spiro atoms. The molecular weight excluding hydrogens is 472 g/mol. The van der Waals surface area contributed by atoms with Crippen LogP contribution in [0.1, 0.15) is 122 Å². The van der Waals surface area contributed by atoms with Crippen LogP contribution in [0.4, 0.5) is 0 Å². The Balaban J connectivity index is -0.000000108. The summed E-state index contributed by atoms with van der Waals surface area (Å²) in [6.45, 7) is 22.3. The van der Waals surface area contributed by atoms with Crippen molar-refractivity contribution in [2.45, 2.75) is 157 Å². The van der Waals surface area contributed by atoms with Crippen molar-refractivity contribution in [3.05, 3.63) is 0 Å². The fourth-order valence-electron chi connectivity index (χ4n) is 1.89. The Bertz CT molecular complexity index is 263. The fraction of sp³-hybridized carbons (Fsp3) is 1.00. The molecule has 0 aromatic carbocycles. The van der Waals surface area contributed by atoms with Gasteiger partial charge in [-0.3, -0.25) is 0 Å². The summed E-state index contributed by atoms with van der Waals surface area (Å²) in [6, 6.07) is 3.43. The van der Waals surface area contributed by atoms with E-state index in [2.05, 4.69) is 20.8 Å².